The molecule has 1 N–H and O–H groups in total. The first-order valence-corrected chi connectivity index (χ1v) is 7.13. The zero-order chi connectivity index (χ0) is 11.0. The van der Waals surface area contributed by atoms with Crippen LogP contribution in [0.4, 0.5) is 0 Å². The predicted octanol–water partition coefficient (Wildman–Crippen LogP) is 2.22. The molecule has 3 nitrogen and oxygen atoms in total. The Morgan fingerprint density at radius 1 is 1.25 bits per heavy atom. The third-order valence-electron chi connectivity index (χ3n) is 3.44. The minimum Gasteiger partial charge on any atom is -0.309 e. The van der Waals surface area contributed by atoms with Crippen LogP contribution in [0.25, 0.3) is 0 Å². The van der Waals surface area contributed by atoms with Crippen molar-refractivity contribution in [1.82, 2.24) is 9.97 Å². The van der Waals surface area contributed by atoms with Gasteiger partial charge in [0, 0.05) is 5.56 Å². The number of H-pyrrole nitrogens is 1. The number of nitrogens with zero attached hydrogens (tertiary/aromatic N) is 1. The van der Waals surface area contributed by atoms with Crippen LogP contribution >= 0.6 is 11.8 Å². The molecule has 2 heterocycles. The first kappa shape index (κ1) is 10.4. The number of aromatic amines is 1. The summed E-state index contributed by atoms with van der Waals surface area (Å²) in [6, 6.07) is 0. The number of thioether (sulfide) groups is 1. The second-order valence-electron chi connectivity index (χ2n) is 4.59. The Kier molecular flexibility index (Phi) is 2.75. The van der Waals surface area contributed by atoms with Gasteiger partial charge in [-0.3, -0.25) is 4.79 Å². The van der Waals surface area contributed by atoms with E-state index < -0.39 is 0 Å². The van der Waals surface area contributed by atoms with Crippen LogP contribution in [0.2, 0.25) is 0 Å². The average molecular weight is 236 g/mol. The lowest BCUT2D eigenvalue weighted by molar-refractivity contribution is 0.656. The summed E-state index contributed by atoms with van der Waals surface area (Å²) >= 11 is 1.94. The van der Waals surface area contributed by atoms with Crippen molar-refractivity contribution in [3.63, 3.8) is 0 Å². The van der Waals surface area contributed by atoms with Crippen molar-refractivity contribution in [3.8, 4) is 0 Å². The van der Waals surface area contributed by atoms with Gasteiger partial charge >= 0.3 is 0 Å². The Morgan fingerprint density at radius 3 is 3.00 bits per heavy atom. The highest BCUT2D eigenvalue weighted by Crippen LogP contribution is 2.36. The standard InChI is InChI=1S/C12H16N2OS/c15-12-8-4-3-5-9(8)13-11(14-12)10-6-1-2-7-16-10/h10H,1-7H2,(H,13,14,15). The van der Waals surface area contributed by atoms with Crippen molar-refractivity contribution < 1.29 is 0 Å². The molecule has 0 spiro atoms. The Morgan fingerprint density at radius 2 is 2.19 bits per heavy atom. The van der Waals surface area contributed by atoms with Crippen molar-refractivity contribution >= 4 is 11.8 Å². The van der Waals surface area contributed by atoms with Gasteiger partial charge in [0.05, 0.1) is 10.9 Å². The molecule has 1 aliphatic heterocycles. The van der Waals surface area contributed by atoms with Gasteiger partial charge < -0.3 is 4.98 Å². The lowest BCUT2D eigenvalue weighted by atomic mass is 10.1. The topological polar surface area (TPSA) is 45.8 Å². The highest BCUT2D eigenvalue weighted by Gasteiger charge is 2.22. The van der Waals surface area contributed by atoms with Crippen LogP contribution in [-0.2, 0) is 12.8 Å². The van der Waals surface area contributed by atoms with Crippen LogP contribution in [0.1, 0.15) is 48.0 Å². The molecule has 0 radical (unpaired) electrons. The highest BCUT2D eigenvalue weighted by atomic mass is 32.2. The number of aryl methyl sites for hydroxylation is 1. The van der Waals surface area contributed by atoms with Gasteiger partial charge in [-0.05, 0) is 37.9 Å². The van der Waals surface area contributed by atoms with E-state index in [9.17, 15) is 4.79 Å². The van der Waals surface area contributed by atoms with Crippen LogP contribution in [-0.4, -0.2) is 15.7 Å². The van der Waals surface area contributed by atoms with E-state index in [4.69, 9.17) is 0 Å². The Bertz CT molecular complexity index is 449. The van der Waals surface area contributed by atoms with Gasteiger partial charge in [0.25, 0.3) is 5.56 Å². The summed E-state index contributed by atoms with van der Waals surface area (Å²) in [5.41, 5.74) is 2.11. The summed E-state index contributed by atoms with van der Waals surface area (Å²) in [6.45, 7) is 0. The molecular formula is C12H16N2OS. The number of rotatable bonds is 1. The maximum atomic E-state index is 11.9. The summed E-state index contributed by atoms with van der Waals surface area (Å²) in [6.07, 6.45) is 6.72. The number of hydrogen-bond acceptors (Lipinski definition) is 3. The predicted molar refractivity (Wildman–Crippen MR) is 65.9 cm³/mol. The molecule has 3 rings (SSSR count). The summed E-state index contributed by atoms with van der Waals surface area (Å²) in [7, 11) is 0. The van der Waals surface area contributed by atoms with Crippen molar-refractivity contribution in [3.05, 3.63) is 27.4 Å². The Balaban J connectivity index is 1.96. The number of fused-ring (bicyclic) bond motifs is 1. The molecule has 0 amide bonds. The highest BCUT2D eigenvalue weighted by molar-refractivity contribution is 7.99. The molecule has 1 unspecified atom stereocenters. The molecule has 1 atom stereocenters. The largest absolute Gasteiger partial charge is 0.309 e. The summed E-state index contributed by atoms with van der Waals surface area (Å²) < 4.78 is 0. The quantitative estimate of drug-likeness (QED) is 0.813. The van der Waals surface area contributed by atoms with Gasteiger partial charge in [-0.1, -0.05) is 6.42 Å². The molecule has 1 aliphatic carbocycles. The average Bonchev–Trinajstić information content (AvgIpc) is 2.79. The van der Waals surface area contributed by atoms with Gasteiger partial charge in [0.1, 0.15) is 5.82 Å². The second-order valence-corrected chi connectivity index (χ2v) is 5.90. The van der Waals surface area contributed by atoms with Crippen molar-refractivity contribution in [1.29, 1.82) is 0 Å². The van der Waals surface area contributed by atoms with Crippen LogP contribution in [0.5, 0.6) is 0 Å². The zero-order valence-corrected chi connectivity index (χ0v) is 10.1. The van der Waals surface area contributed by atoms with E-state index in [0.717, 1.165) is 42.8 Å². The van der Waals surface area contributed by atoms with Gasteiger partial charge in [0.2, 0.25) is 0 Å². The van der Waals surface area contributed by atoms with E-state index >= 15 is 0 Å². The van der Waals surface area contributed by atoms with E-state index in [2.05, 4.69) is 9.97 Å². The van der Waals surface area contributed by atoms with Gasteiger partial charge in [-0.25, -0.2) is 4.98 Å². The fraction of sp³-hybridized carbons (Fsp3) is 0.667. The van der Waals surface area contributed by atoms with E-state index in [-0.39, 0.29) is 5.56 Å². The molecule has 2 aliphatic rings. The van der Waals surface area contributed by atoms with Crippen LogP contribution < -0.4 is 5.56 Å². The minimum absolute atomic E-state index is 0.115. The van der Waals surface area contributed by atoms with Crippen LogP contribution in [0.3, 0.4) is 0 Å². The van der Waals surface area contributed by atoms with Gasteiger partial charge in [0.15, 0.2) is 0 Å². The third kappa shape index (κ3) is 1.79. The fourth-order valence-corrected chi connectivity index (χ4v) is 3.83. The Labute approximate surface area is 99.1 Å². The van der Waals surface area contributed by atoms with E-state index in [0.29, 0.717) is 5.25 Å². The van der Waals surface area contributed by atoms with Crippen molar-refractivity contribution in [2.45, 2.75) is 43.8 Å². The van der Waals surface area contributed by atoms with Crippen molar-refractivity contribution in [2.75, 3.05) is 5.75 Å². The summed E-state index contributed by atoms with van der Waals surface area (Å²) in [5.74, 6) is 2.13. The molecule has 16 heavy (non-hydrogen) atoms. The SMILES string of the molecule is O=c1[nH]c(C2CCCCS2)nc2c1CCC2. The number of aromatic nitrogens is 2. The first-order chi connectivity index (χ1) is 7.84. The molecule has 0 aromatic carbocycles. The monoisotopic (exact) mass is 236 g/mol. The molecular weight excluding hydrogens is 220 g/mol. The second kappa shape index (κ2) is 4.24. The molecule has 0 bridgehead atoms. The number of nitrogens with one attached hydrogen (secondary N) is 1. The normalized spacial score (nSPS) is 24.4. The minimum atomic E-state index is 0.115. The maximum absolute atomic E-state index is 11.9. The molecule has 1 saturated heterocycles. The number of hydrogen-bond donors (Lipinski definition) is 1. The maximum Gasteiger partial charge on any atom is 0.254 e. The van der Waals surface area contributed by atoms with Crippen molar-refractivity contribution in [2.24, 2.45) is 0 Å². The van der Waals surface area contributed by atoms with E-state index in [1.807, 2.05) is 11.8 Å². The van der Waals surface area contributed by atoms with E-state index in [1.165, 1.54) is 18.6 Å². The molecule has 1 fully saturated rings. The van der Waals surface area contributed by atoms with E-state index in [1.54, 1.807) is 0 Å². The Hall–Kier alpha value is -0.770. The van der Waals surface area contributed by atoms with Gasteiger partial charge in [-0.15, -0.1) is 0 Å². The zero-order valence-electron chi connectivity index (χ0n) is 9.29. The first-order valence-electron chi connectivity index (χ1n) is 6.08. The lowest BCUT2D eigenvalue weighted by Gasteiger charge is -2.20. The third-order valence-corrected chi connectivity index (χ3v) is 4.83. The molecule has 0 saturated carbocycles. The van der Waals surface area contributed by atoms with Crippen LogP contribution in [0.15, 0.2) is 4.79 Å². The molecule has 1 aromatic rings. The molecule has 86 valence electrons. The van der Waals surface area contributed by atoms with Crippen LogP contribution in [0, 0.1) is 0 Å². The lowest BCUT2D eigenvalue weighted by Crippen LogP contribution is -2.19. The summed E-state index contributed by atoms with van der Waals surface area (Å²) in [4.78, 5) is 19.5. The van der Waals surface area contributed by atoms with Gasteiger partial charge in [-0.2, -0.15) is 11.8 Å². The fourth-order valence-electron chi connectivity index (χ4n) is 2.57. The summed E-state index contributed by atoms with van der Waals surface area (Å²) in [5, 5.41) is 0.423. The molecule has 4 heteroatoms. The smallest absolute Gasteiger partial charge is 0.254 e. The molecule has 1 aromatic heterocycles.